The van der Waals surface area contributed by atoms with Crippen LogP contribution in [0.5, 0.6) is 5.75 Å². The van der Waals surface area contributed by atoms with Crippen LogP contribution in [-0.4, -0.2) is 28.7 Å². The number of fused-ring (bicyclic) bond motifs is 1. The summed E-state index contributed by atoms with van der Waals surface area (Å²) in [5.74, 6) is 3.37. The molecule has 1 aromatic carbocycles. The molecule has 0 atom stereocenters. The van der Waals surface area contributed by atoms with Gasteiger partial charge in [0, 0.05) is 12.6 Å². The fraction of sp³-hybridized carbons (Fsp3) is 0.462. The second-order valence-corrected chi connectivity index (χ2v) is 5.27. The maximum absolute atomic E-state index is 5.97. The van der Waals surface area contributed by atoms with Gasteiger partial charge < -0.3 is 9.30 Å². The molecule has 2 aromatic rings. The molecule has 0 saturated heterocycles. The monoisotopic (exact) mass is 284 g/mol. The van der Waals surface area contributed by atoms with Crippen LogP contribution in [0, 0.1) is 0 Å². The molecule has 0 amide bonds. The zero-order valence-corrected chi connectivity index (χ0v) is 12.2. The number of ether oxygens (including phenoxy) is 1. The molecule has 0 spiro atoms. The van der Waals surface area contributed by atoms with Gasteiger partial charge in [-0.3, -0.25) is 0 Å². The average Bonchev–Trinajstić information content (AvgIpc) is 2.76. The van der Waals surface area contributed by atoms with Crippen molar-refractivity contribution in [1.29, 1.82) is 0 Å². The lowest BCUT2D eigenvalue weighted by molar-refractivity contribution is 0.415. The van der Waals surface area contributed by atoms with E-state index in [0.29, 0.717) is 5.88 Å². The quantitative estimate of drug-likeness (QED) is 0.600. The van der Waals surface area contributed by atoms with E-state index in [2.05, 4.69) is 15.8 Å². The largest absolute Gasteiger partial charge is 0.497 e. The van der Waals surface area contributed by atoms with Gasteiger partial charge in [0.1, 0.15) is 11.6 Å². The number of thioether (sulfide) groups is 1. The topological polar surface area (TPSA) is 27.1 Å². The standard InChI is InChI=1S/C13H17ClN2OS/c1-17-10-4-5-11-12(8-10)16(6-3-7-18-2)13(9-14)15-11/h4-5,8H,3,6-7,9H2,1-2H3. The first-order valence-electron chi connectivity index (χ1n) is 5.88. The maximum atomic E-state index is 5.97. The molecule has 2 rings (SSSR count). The van der Waals surface area contributed by atoms with Crippen molar-refractivity contribution in [2.45, 2.75) is 18.8 Å². The van der Waals surface area contributed by atoms with E-state index in [9.17, 15) is 0 Å². The van der Waals surface area contributed by atoms with E-state index in [1.807, 2.05) is 30.0 Å². The zero-order chi connectivity index (χ0) is 13.0. The van der Waals surface area contributed by atoms with Crippen molar-refractivity contribution in [2.75, 3.05) is 19.1 Å². The lowest BCUT2D eigenvalue weighted by atomic mass is 10.3. The summed E-state index contributed by atoms with van der Waals surface area (Å²) >= 11 is 7.83. The van der Waals surface area contributed by atoms with Gasteiger partial charge in [-0.1, -0.05) is 0 Å². The minimum Gasteiger partial charge on any atom is -0.497 e. The molecular weight excluding hydrogens is 268 g/mol. The predicted molar refractivity (Wildman–Crippen MR) is 78.8 cm³/mol. The summed E-state index contributed by atoms with van der Waals surface area (Å²) < 4.78 is 7.46. The second-order valence-electron chi connectivity index (χ2n) is 4.01. The number of alkyl halides is 1. The number of aromatic nitrogens is 2. The highest BCUT2D eigenvalue weighted by atomic mass is 35.5. The van der Waals surface area contributed by atoms with Gasteiger partial charge in [-0.05, 0) is 30.6 Å². The van der Waals surface area contributed by atoms with Crippen molar-refractivity contribution >= 4 is 34.4 Å². The van der Waals surface area contributed by atoms with Crippen LogP contribution < -0.4 is 4.74 Å². The van der Waals surface area contributed by atoms with Crippen molar-refractivity contribution in [1.82, 2.24) is 9.55 Å². The predicted octanol–water partition coefficient (Wildman–Crippen LogP) is 3.54. The normalized spacial score (nSPS) is 11.1. The molecule has 0 N–H and O–H groups in total. The second kappa shape index (κ2) is 6.34. The van der Waals surface area contributed by atoms with Crippen LogP contribution in [0.25, 0.3) is 11.0 Å². The van der Waals surface area contributed by atoms with Crippen molar-refractivity contribution in [3.05, 3.63) is 24.0 Å². The lowest BCUT2D eigenvalue weighted by Gasteiger charge is -2.07. The Hall–Kier alpha value is -0.870. The lowest BCUT2D eigenvalue weighted by Crippen LogP contribution is -2.03. The first-order valence-corrected chi connectivity index (χ1v) is 7.81. The van der Waals surface area contributed by atoms with Crippen LogP contribution in [-0.2, 0) is 12.4 Å². The number of methoxy groups -OCH3 is 1. The minimum atomic E-state index is 0.441. The first kappa shape index (κ1) is 13.6. The molecule has 18 heavy (non-hydrogen) atoms. The van der Waals surface area contributed by atoms with Crippen LogP contribution in [0.1, 0.15) is 12.2 Å². The van der Waals surface area contributed by atoms with E-state index in [1.54, 1.807) is 7.11 Å². The number of nitrogens with zero attached hydrogens (tertiary/aromatic N) is 2. The number of benzene rings is 1. The van der Waals surface area contributed by atoms with Crippen LogP contribution in [0.2, 0.25) is 0 Å². The summed E-state index contributed by atoms with van der Waals surface area (Å²) in [6.45, 7) is 0.951. The summed E-state index contributed by atoms with van der Waals surface area (Å²) in [5, 5.41) is 0. The van der Waals surface area contributed by atoms with E-state index in [-0.39, 0.29) is 0 Å². The van der Waals surface area contributed by atoms with Gasteiger partial charge >= 0.3 is 0 Å². The molecule has 0 bridgehead atoms. The Balaban J connectivity index is 2.38. The highest BCUT2D eigenvalue weighted by Crippen LogP contribution is 2.23. The van der Waals surface area contributed by atoms with Gasteiger partial charge in [-0.15, -0.1) is 11.6 Å². The smallest absolute Gasteiger partial charge is 0.124 e. The summed E-state index contributed by atoms with van der Waals surface area (Å²) in [6, 6.07) is 5.94. The molecule has 5 heteroatoms. The van der Waals surface area contributed by atoms with Gasteiger partial charge in [-0.25, -0.2) is 4.98 Å². The van der Waals surface area contributed by atoms with E-state index < -0.39 is 0 Å². The molecule has 0 aliphatic rings. The van der Waals surface area contributed by atoms with E-state index in [4.69, 9.17) is 16.3 Å². The fourth-order valence-electron chi connectivity index (χ4n) is 2.00. The molecule has 0 aliphatic carbocycles. The Bertz CT molecular complexity index is 527. The third kappa shape index (κ3) is 2.75. The van der Waals surface area contributed by atoms with Gasteiger partial charge in [0.2, 0.25) is 0 Å². The molecule has 1 aromatic heterocycles. The van der Waals surface area contributed by atoms with Crippen molar-refractivity contribution in [3.63, 3.8) is 0 Å². The van der Waals surface area contributed by atoms with E-state index >= 15 is 0 Å². The molecular formula is C13H17ClN2OS. The van der Waals surface area contributed by atoms with Crippen LogP contribution >= 0.6 is 23.4 Å². The Labute approximate surface area is 116 Å². The summed E-state index contributed by atoms with van der Waals surface area (Å²) in [4.78, 5) is 4.55. The van der Waals surface area contributed by atoms with Crippen LogP contribution in [0.3, 0.4) is 0 Å². The summed E-state index contributed by atoms with van der Waals surface area (Å²) in [6.07, 6.45) is 3.24. The molecule has 0 aliphatic heterocycles. The number of hydrogen-bond acceptors (Lipinski definition) is 3. The van der Waals surface area contributed by atoms with Crippen molar-refractivity contribution < 1.29 is 4.74 Å². The number of halogens is 1. The number of hydrogen-bond donors (Lipinski definition) is 0. The average molecular weight is 285 g/mol. The first-order chi connectivity index (χ1) is 8.80. The molecule has 3 nitrogen and oxygen atoms in total. The Kier molecular flexibility index (Phi) is 4.78. The molecule has 0 fully saturated rings. The van der Waals surface area contributed by atoms with Crippen molar-refractivity contribution in [2.24, 2.45) is 0 Å². The molecule has 0 radical (unpaired) electrons. The zero-order valence-electron chi connectivity index (χ0n) is 10.6. The summed E-state index contributed by atoms with van der Waals surface area (Å²) in [7, 11) is 1.68. The van der Waals surface area contributed by atoms with Crippen LogP contribution in [0.4, 0.5) is 0 Å². The third-order valence-corrected chi connectivity index (χ3v) is 3.82. The Morgan fingerprint density at radius 3 is 2.94 bits per heavy atom. The molecule has 0 unspecified atom stereocenters. The fourth-order valence-corrected chi connectivity index (χ4v) is 2.62. The SMILES string of the molecule is COc1ccc2nc(CCl)n(CCCSC)c2c1. The number of rotatable bonds is 6. The highest BCUT2D eigenvalue weighted by Gasteiger charge is 2.10. The maximum Gasteiger partial charge on any atom is 0.124 e. The van der Waals surface area contributed by atoms with Crippen molar-refractivity contribution in [3.8, 4) is 5.75 Å². The minimum absolute atomic E-state index is 0.441. The van der Waals surface area contributed by atoms with Gasteiger partial charge in [-0.2, -0.15) is 11.8 Å². The summed E-state index contributed by atoms with van der Waals surface area (Å²) in [5.41, 5.74) is 2.08. The highest BCUT2D eigenvalue weighted by molar-refractivity contribution is 7.98. The van der Waals surface area contributed by atoms with Gasteiger partial charge in [0.15, 0.2) is 0 Å². The van der Waals surface area contributed by atoms with Gasteiger partial charge in [0.05, 0.1) is 24.0 Å². The number of imidazole rings is 1. The third-order valence-electron chi connectivity index (χ3n) is 2.88. The Morgan fingerprint density at radius 2 is 2.28 bits per heavy atom. The van der Waals surface area contributed by atoms with Crippen LogP contribution in [0.15, 0.2) is 18.2 Å². The molecule has 0 saturated carbocycles. The number of aryl methyl sites for hydroxylation is 1. The van der Waals surface area contributed by atoms with E-state index in [0.717, 1.165) is 41.3 Å². The van der Waals surface area contributed by atoms with E-state index in [1.165, 1.54) is 0 Å². The Morgan fingerprint density at radius 1 is 1.44 bits per heavy atom. The molecule has 1 heterocycles. The van der Waals surface area contributed by atoms with Gasteiger partial charge in [0.25, 0.3) is 0 Å². The molecule has 98 valence electrons.